The molecule has 104 heavy (non-hydrogen) atoms. The molecule has 0 aromatic carbocycles. The van der Waals surface area contributed by atoms with Crippen molar-refractivity contribution in [1.29, 1.82) is 0 Å². The average Bonchev–Trinajstić information content (AvgIpc) is 1.63. The smallest absolute Gasteiger partial charge is 0.329 e. The van der Waals surface area contributed by atoms with Crippen LogP contribution in [-0.4, -0.2) is 229 Å². The number of likely N-dealkylation sites (tertiary alicyclic amines) is 3. The Kier molecular flexibility index (Phi) is 28.8. The molecule has 27 nitrogen and oxygen atoms in total. The van der Waals surface area contributed by atoms with Crippen LogP contribution in [-0.2, 0) is 96.1 Å². The summed E-state index contributed by atoms with van der Waals surface area (Å²) in [6.45, 7) is 49.3. The van der Waals surface area contributed by atoms with Gasteiger partial charge in [-0.15, -0.1) is 0 Å². The molecule has 0 aromatic rings. The van der Waals surface area contributed by atoms with E-state index < -0.39 is 41.8 Å². The monoisotopic (exact) mass is 1510 g/mol. The molecule has 14 aliphatic heterocycles. The summed E-state index contributed by atoms with van der Waals surface area (Å²) in [5.41, 5.74) is -2.03. The molecule has 1 unspecified atom stereocenters. The predicted octanol–water partition coefficient (Wildman–Crippen LogP) is 8.59. The number of hydrogen-bond acceptors (Lipinski definition) is 21. The molecule has 0 aromatic heterocycles. The van der Waals surface area contributed by atoms with E-state index in [1.54, 1.807) is 40.4 Å². The van der Waals surface area contributed by atoms with E-state index in [4.69, 9.17) is 23.8 Å². The van der Waals surface area contributed by atoms with E-state index in [1.807, 2.05) is 125 Å². The van der Waals surface area contributed by atoms with Gasteiger partial charge < -0.3 is 38.5 Å². The highest BCUT2D eigenvalue weighted by Gasteiger charge is 2.51. The number of esters is 4. The van der Waals surface area contributed by atoms with E-state index >= 15 is 0 Å². The number of ether oxygens (including phenoxy) is 4. The van der Waals surface area contributed by atoms with Crippen LogP contribution in [0.3, 0.4) is 0 Å². The first-order chi connectivity index (χ1) is 47.2. The van der Waals surface area contributed by atoms with Crippen LogP contribution in [0.15, 0.2) is 0 Å². The summed E-state index contributed by atoms with van der Waals surface area (Å²) in [6, 6.07) is -1.31. The fourth-order valence-electron chi connectivity index (χ4n) is 12.7. The van der Waals surface area contributed by atoms with E-state index in [2.05, 4.69) is 20.8 Å². The van der Waals surface area contributed by atoms with Crippen molar-refractivity contribution in [1.82, 2.24) is 33.9 Å². The third kappa shape index (κ3) is 23.9. The summed E-state index contributed by atoms with van der Waals surface area (Å²) in [5.74, 6) is 0.380. The maximum Gasteiger partial charge on any atom is 0.329 e. The Morgan fingerprint density at radius 1 is 0.413 bits per heavy atom. The van der Waals surface area contributed by atoms with Crippen molar-refractivity contribution >= 4 is 98.0 Å². The second-order valence-corrected chi connectivity index (χ2v) is 40.7. The zero-order valence-electron chi connectivity index (χ0n) is 66.7. The van der Waals surface area contributed by atoms with Crippen molar-refractivity contribution in [2.45, 2.75) is 309 Å². The molecule has 0 radical (unpaired) electrons. The van der Waals surface area contributed by atoms with Gasteiger partial charge in [-0.1, -0.05) is 136 Å². The number of morpholine rings is 2. The fourth-order valence-corrected chi connectivity index (χ4v) is 15.1. The van der Waals surface area contributed by atoms with Crippen molar-refractivity contribution in [3.05, 3.63) is 0 Å². The summed E-state index contributed by atoms with van der Waals surface area (Å²) in [7, 11) is -3.41. The first kappa shape index (κ1) is 88.4. The van der Waals surface area contributed by atoms with E-state index in [0.717, 1.165) is 68.0 Å². The maximum atomic E-state index is 12.1. The van der Waals surface area contributed by atoms with Crippen molar-refractivity contribution in [3.63, 3.8) is 0 Å². The zero-order chi connectivity index (χ0) is 79.3. The number of carbonyl (C=O) groups excluding carboxylic acids is 13. The second-order valence-electron chi connectivity index (χ2n) is 37.0. The maximum absolute atomic E-state index is 12.1. The van der Waals surface area contributed by atoms with Crippen LogP contribution in [0.2, 0.25) is 0 Å². The Morgan fingerprint density at radius 2 is 0.779 bits per heavy atom. The van der Waals surface area contributed by atoms with Crippen LogP contribution in [0.5, 0.6) is 0 Å². The molecule has 14 aliphatic rings. The molecule has 14 fully saturated rings. The van der Waals surface area contributed by atoms with Crippen molar-refractivity contribution in [2.24, 2.45) is 38.4 Å². The van der Waals surface area contributed by atoms with Crippen LogP contribution < -0.4 is 0 Å². The third-order valence-electron chi connectivity index (χ3n) is 18.7. The SMILES string of the molecule is CC(C)(C)C(=O)N1CCC1=O.CC(C)(C)C(=O)N1CC[C@@H]2C[C@H]1C(=O)O2.CC(C)(C)C(=O)N1CC[C@H]2C[C@@H]1C(=O)O2.CC(C)(C)C(=O)N1C[C@@H]2CC[C@H]1C(=O)O2.CC(C)(C)C(=O)N1C[C@H]2CC[C@@H]1C(=O)O2.CC(C)(C)CC1CCSC1=O.CC(C)(C)ON1CCC1=O.CC(C)(C)S(=O)(=O)N1CCC1=O. The minimum atomic E-state index is -3.41. The highest BCUT2D eigenvalue weighted by molar-refractivity contribution is 8.14. The number of hydrogen-bond donors (Lipinski definition) is 0. The molecule has 0 saturated carbocycles. The number of amides is 8. The summed E-state index contributed by atoms with van der Waals surface area (Å²) in [4.78, 5) is 163. The summed E-state index contributed by atoms with van der Waals surface area (Å²) < 4.78 is 43.8. The molecule has 14 saturated heterocycles. The first-order valence-corrected chi connectivity index (χ1v) is 39.3. The number of carbonyl (C=O) groups is 13. The first-order valence-electron chi connectivity index (χ1n) is 36.9. The molecule has 8 bridgehead atoms. The van der Waals surface area contributed by atoms with Gasteiger partial charge in [0.2, 0.25) is 57.3 Å². The number of piperidine rings is 4. The van der Waals surface area contributed by atoms with Gasteiger partial charge in [0.1, 0.15) is 48.6 Å². The van der Waals surface area contributed by atoms with Gasteiger partial charge in [0.15, 0.2) is 5.12 Å². The van der Waals surface area contributed by atoms with E-state index in [0.29, 0.717) is 87.8 Å². The Morgan fingerprint density at radius 3 is 1.00 bits per heavy atom. The summed E-state index contributed by atoms with van der Waals surface area (Å²) in [5, 5.41) is 1.83. The Balaban J connectivity index is 0.000000215. The molecule has 9 atom stereocenters. The number of thioether (sulfide) groups is 1. The third-order valence-corrected chi connectivity index (χ3v) is 22.3. The Hall–Kier alpha value is -6.23. The van der Waals surface area contributed by atoms with E-state index in [1.165, 1.54) is 21.7 Å². The number of nitrogens with zero attached hydrogens (tertiary/aromatic N) is 7. The van der Waals surface area contributed by atoms with Gasteiger partial charge in [-0.25, -0.2) is 37.0 Å². The van der Waals surface area contributed by atoms with Gasteiger partial charge in [0, 0.05) is 110 Å². The summed E-state index contributed by atoms with van der Waals surface area (Å²) in [6.07, 6.45) is 9.84. The quantitative estimate of drug-likeness (QED) is 0.145. The molecular formula is C75H123N7O20S2. The van der Waals surface area contributed by atoms with E-state index in [9.17, 15) is 70.7 Å². The second kappa shape index (κ2) is 33.9. The van der Waals surface area contributed by atoms with Crippen molar-refractivity contribution in [3.8, 4) is 0 Å². The van der Waals surface area contributed by atoms with Crippen LogP contribution in [0.4, 0.5) is 0 Å². The molecule has 0 aliphatic carbocycles. The minimum Gasteiger partial charge on any atom is -0.461 e. The summed E-state index contributed by atoms with van der Waals surface area (Å²) >= 11 is 1.51. The normalized spacial score (nSPS) is 26.2. The van der Waals surface area contributed by atoms with Gasteiger partial charge in [-0.05, 0) is 85.5 Å². The molecule has 14 rings (SSSR count). The molecule has 29 heteroatoms. The lowest BCUT2D eigenvalue weighted by atomic mass is 9.84. The van der Waals surface area contributed by atoms with Gasteiger partial charge in [0.05, 0.1) is 30.0 Å². The lowest BCUT2D eigenvalue weighted by molar-refractivity contribution is -0.246. The molecule has 14 heterocycles. The topological polar surface area (TPSA) is 325 Å². The van der Waals surface area contributed by atoms with E-state index in [-0.39, 0.29) is 125 Å². The van der Waals surface area contributed by atoms with Crippen LogP contribution >= 0.6 is 11.8 Å². The van der Waals surface area contributed by atoms with Crippen LogP contribution in [0, 0.1) is 38.4 Å². The average molecular weight is 1510 g/mol. The fraction of sp³-hybridized carbons (Fsp3) is 0.827. The highest BCUT2D eigenvalue weighted by Crippen LogP contribution is 2.38. The predicted molar refractivity (Wildman–Crippen MR) is 389 cm³/mol. The molecule has 0 N–H and O–H groups in total. The van der Waals surface area contributed by atoms with Crippen molar-refractivity contribution < 1.29 is 94.5 Å². The molecule has 590 valence electrons. The highest BCUT2D eigenvalue weighted by atomic mass is 32.2. The van der Waals surface area contributed by atoms with Crippen LogP contribution in [0.25, 0.3) is 0 Å². The molecule has 8 amide bonds. The molecule has 0 spiro atoms. The van der Waals surface area contributed by atoms with Gasteiger partial charge in [-0.2, -0.15) is 0 Å². The largest absolute Gasteiger partial charge is 0.461 e. The standard InChI is InChI=1S/4C11H17NO3.C9H16OS.C8H13NO2.C7H13NO3S.C7H13NO2/c2*1-11(2,3)10(14)12-5-4-7-6-8(12)9(13)15-7;2*1-11(2,3)10(14)12-6-7-4-5-8(12)9(13)15-7;1-9(2,3)6-7-4-5-11-8(7)10;1-8(2,3)7(11)9-5-4-6(9)10;1-7(2,3)12(10,11)8-5-4-6(8)9;1-7(2,3)10-8-5-4-6(8)9/h4*7-8H,4-6H2,1-3H3;7H,4-6H2,1-3H3;4-5H2,1-3H3;4-5H2,1-3H3;4-5H2,1-3H3/t2*7-,8+;2*7-,8-;;;;/m1010..../s1. The number of hydroxylamine groups is 2. The van der Waals surface area contributed by atoms with Gasteiger partial charge in [-0.3, -0.25) is 52.9 Å². The number of β-lactam (4-membered cyclic amide) rings is 3. The molecular weight excluding hydrogens is 1380 g/mol. The lowest BCUT2D eigenvalue weighted by Gasteiger charge is -2.45. The van der Waals surface area contributed by atoms with Crippen LogP contribution in [0.1, 0.15) is 250 Å². The number of fused-ring (bicyclic) bond motifs is 10. The van der Waals surface area contributed by atoms with Gasteiger partial charge in [0.25, 0.3) is 0 Å². The number of rotatable bonds is 3. The Labute approximate surface area is 622 Å². The Bertz CT molecular complexity index is 3110. The van der Waals surface area contributed by atoms with Gasteiger partial charge >= 0.3 is 23.9 Å². The number of imide groups is 1. The van der Waals surface area contributed by atoms with Crippen molar-refractivity contribution in [2.75, 3.05) is 51.6 Å². The zero-order valence-corrected chi connectivity index (χ0v) is 68.3. The minimum absolute atomic E-state index is 0.0371. The number of sulfonamides is 1. The lowest BCUT2D eigenvalue weighted by Crippen LogP contribution is -2.61.